The van der Waals surface area contributed by atoms with Crippen LogP contribution in [0.15, 0.2) is 94.8 Å². The first-order valence-corrected chi connectivity index (χ1v) is 17.5. The molecule has 2 amide bonds. The van der Waals surface area contributed by atoms with Crippen LogP contribution in [-0.2, 0) is 40.4 Å². The van der Waals surface area contributed by atoms with Gasteiger partial charge in [0, 0.05) is 43.4 Å². The van der Waals surface area contributed by atoms with Gasteiger partial charge in [-0.2, -0.15) is 10.2 Å². The monoisotopic (exact) mass is 796 g/mol. The quantitative estimate of drug-likeness (QED) is 0.198. The summed E-state index contributed by atoms with van der Waals surface area (Å²) in [5.41, 5.74) is 3.16. The van der Waals surface area contributed by atoms with Gasteiger partial charge in [0.25, 0.3) is 22.9 Å². The smallest absolute Gasteiger partial charge is 0.266 e. The van der Waals surface area contributed by atoms with Gasteiger partial charge in [0.1, 0.15) is 24.7 Å². The first kappa shape index (κ1) is 38.3. The highest BCUT2D eigenvalue weighted by atomic mass is 35.5. The fourth-order valence-corrected chi connectivity index (χ4v) is 6.13. The Bertz CT molecular complexity index is 2670. The predicted octanol–water partition coefficient (Wildman–Crippen LogP) is 4.77. The topological polar surface area (TPSA) is 164 Å². The molecule has 18 heteroatoms. The molecule has 0 radical (unpaired) electrons. The third kappa shape index (κ3) is 8.18. The van der Waals surface area contributed by atoms with Crippen LogP contribution in [0.4, 0.5) is 20.4 Å². The lowest BCUT2D eigenvalue weighted by molar-refractivity contribution is 0.0987. The summed E-state index contributed by atoms with van der Waals surface area (Å²) >= 11 is 5.74. The van der Waals surface area contributed by atoms with E-state index < -0.39 is 11.6 Å². The molecular weight excluding hydrogens is 766 g/mol. The average molecular weight is 797 g/mol. The minimum absolute atomic E-state index is 0.0199. The van der Waals surface area contributed by atoms with Crippen molar-refractivity contribution in [2.45, 2.75) is 26.3 Å². The summed E-state index contributed by atoms with van der Waals surface area (Å²) in [4.78, 5) is 59.3. The number of carbonyl (C=O) groups is 2. The number of fused-ring (bicyclic) bond motifs is 2. The number of hydrogen-bond acceptors (Lipinski definition) is 11. The van der Waals surface area contributed by atoms with Crippen LogP contribution in [0.2, 0.25) is 5.02 Å². The SMILES string of the molecule is COc1cc(COc2ccc3c(c2)CN(c2ccc(=O)n(C)n2)C3=O)ncc1F.Cn1nc(N2Cc3cc(OCc4cc(Cl)c(F)cn4)ccc3C2=O)ccc1=O. The van der Waals surface area contributed by atoms with Gasteiger partial charge < -0.3 is 14.2 Å². The van der Waals surface area contributed by atoms with Crippen molar-refractivity contribution in [2.75, 3.05) is 16.9 Å². The van der Waals surface area contributed by atoms with Gasteiger partial charge >= 0.3 is 0 Å². The number of ether oxygens (including phenoxy) is 3. The maximum Gasteiger partial charge on any atom is 0.266 e. The van der Waals surface area contributed by atoms with E-state index in [1.165, 1.54) is 76.8 Å². The molecule has 0 aliphatic carbocycles. The molecule has 0 saturated heterocycles. The second-order valence-electron chi connectivity index (χ2n) is 12.7. The van der Waals surface area contributed by atoms with Crippen molar-refractivity contribution in [3.63, 3.8) is 0 Å². The minimum atomic E-state index is -0.589. The van der Waals surface area contributed by atoms with Gasteiger partial charge in [0.05, 0.1) is 49.0 Å². The van der Waals surface area contributed by atoms with E-state index in [0.717, 1.165) is 23.5 Å². The number of methoxy groups -OCH3 is 1. The Kier molecular flexibility index (Phi) is 10.7. The van der Waals surface area contributed by atoms with Crippen LogP contribution < -0.4 is 35.1 Å². The number of hydrogen-bond donors (Lipinski definition) is 0. The number of pyridine rings is 2. The summed E-state index contributed by atoms with van der Waals surface area (Å²) < 4.78 is 45.4. The summed E-state index contributed by atoms with van der Waals surface area (Å²) in [6, 6.07) is 18.9. The minimum Gasteiger partial charge on any atom is -0.494 e. The number of anilines is 2. The fraction of sp³-hybridized carbons (Fsp3) is 0.179. The van der Waals surface area contributed by atoms with Crippen molar-refractivity contribution in [3.05, 3.63) is 156 Å². The summed E-state index contributed by atoms with van der Waals surface area (Å²) in [7, 11) is 4.44. The van der Waals surface area contributed by atoms with Crippen LogP contribution in [0, 0.1) is 11.6 Å². The van der Waals surface area contributed by atoms with E-state index in [4.69, 9.17) is 25.8 Å². The maximum atomic E-state index is 13.5. The number of halogens is 3. The molecule has 6 heterocycles. The Morgan fingerprint density at radius 3 is 1.58 bits per heavy atom. The van der Waals surface area contributed by atoms with Crippen molar-refractivity contribution < 1.29 is 32.6 Å². The van der Waals surface area contributed by atoms with Crippen LogP contribution in [0.25, 0.3) is 0 Å². The zero-order chi connectivity index (χ0) is 40.4. The number of carbonyl (C=O) groups excluding carboxylic acids is 2. The first-order chi connectivity index (χ1) is 27.4. The lowest BCUT2D eigenvalue weighted by atomic mass is 10.1. The van der Waals surface area contributed by atoms with Gasteiger partial charge in [-0.25, -0.2) is 18.1 Å². The molecule has 0 spiro atoms. The number of nitrogens with zero attached hydrogens (tertiary/aromatic N) is 8. The molecule has 0 fully saturated rings. The van der Waals surface area contributed by atoms with Gasteiger partial charge in [-0.15, -0.1) is 0 Å². The molecule has 2 aromatic carbocycles. The van der Waals surface area contributed by atoms with Crippen molar-refractivity contribution in [3.8, 4) is 17.2 Å². The molecular formula is C39H31ClF2N8O7. The number of benzene rings is 2. The van der Waals surface area contributed by atoms with Gasteiger partial charge in [0.2, 0.25) is 0 Å². The highest BCUT2D eigenvalue weighted by molar-refractivity contribution is 6.30. The molecule has 0 N–H and O–H groups in total. The standard InChI is InChI=1S/C20H17FN4O4.C19H14ClFN4O3/c1-24-19(26)6-5-18(23-24)25-10-12-7-14(3-4-15(12)20(25)27)29-11-13-8-17(28-2)16(21)9-22-13;1-24-18(26)5-4-17(23-24)25-9-11-6-13(2-3-14(11)19(25)27)28-10-12-7-15(20)16(21)8-22-12/h3-9H,10-11H2,1-2H3;2-8H,9-10H2,1H3. The summed E-state index contributed by atoms with van der Waals surface area (Å²) in [5.74, 6) is 0.476. The Morgan fingerprint density at radius 2 is 1.12 bits per heavy atom. The Morgan fingerprint density at radius 1 is 0.649 bits per heavy atom. The van der Waals surface area contributed by atoms with Gasteiger partial charge in [-0.05, 0) is 65.7 Å². The highest BCUT2D eigenvalue weighted by Gasteiger charge is 2.31. The van der Waals surface area contributed by atoms with Gasteiger partial charge in [-0.1, -0.05) is 11.6 Å². The maximum absolute atomic E-state index is 13.5. The molecule has 4 aromatic heterocycles. The highest BCUT2D eigenvalue weighted by Crippen LogP contribution is 2.31. The predicted molar refractivity (Wildman–Crippen MR) is 201 cm³/mol. The van der Waals surface area contributed by atoms with E-state index in [1.54, 1.807) is 36.4 Å². The van der Waals surface area contributed by atoms with Gasteiger partial charge in [-0.3, -0.25) is 38.9 Å². The molecule has 290 valence electrons. The van der Waals surface area contributed by atoms with Crippen LogP contribution in [0.1, 0.15) is 43.2 Å². The molecule has 0 unspecified atom stereocenters. The van der Waals surface area contributed by atoms with Crippen LogP contribution >= 0.6 is 11.6 Å². The van der Waals surface area contributed by atoms with E-state index >= 15 is 0 Å². The molecule has 2 aliphatic rings. The number of amides is 2. The van der Waals surface area contributed by atoms with Crippen LogP contribution in [-0.4, -0.2) is 48.5 Å². The summed E-state index contributed by atoms with van der Waals surface area (Å²) in [6.07, 6.45) is 2.12. The lowest BCUT2D eigenvalue weighted by Crippen LogP contribution is -2.28. The van der Waals surface area contributed by atoms with E-state index in [2.05, 4.69) is 20.2 Å². The summed E-state index contributed by atoms with van der Waals surface area (Å²) in [6.45, 7) is 0.866. The van der Waals surface area contributed by atoms with Crippen molar-refractivity contribution >= 4 is 35.1 Å². The van der Waals surface area contributed by atoms with Crippen molar-refractivity contribution in [2.24, 2.45) is 14.1 Å². The average Bonchev–Trinajstić information content (AvgIpc) is 3.72. The largest absolute Gasteiger partial charge is 0.494 e. The molecule has 8 rings (SSSR count). The normalized spacial score (nSPS) is 12.9. The number of aromatic nitrogens is 6. The Labute approximate surface area is 327 Å². The van der Waals surface area contributed by atoms with E-state index in [0.29, 0.717) is 58.7 Å². The van der Waals surface area contributed by atoms with Gasteiger partial charge in [0.15, 0.2) is 29.0 Å². The van der Waals surface area contributed by atoms with E-state index in [-0.39, 0.29) is 46.9 Å². The molecule has 15 nitrogen and oxygen atoms in total. The van der Waals surface area contributed by atoms with Crippen molar-refractivity contribution in [1.29, 1.82) is 0 Å². The Balaban J connectivity index is 0.000000174. The third-order valence-electron chi connectivity index (χ3n) is 8.94. The second kappa shape index (κ2) is 16.0. The molecule has 0 bridgehead atoms. The number of rotatable bonds is 9. The summed E-state index contributed by atoms with van der Waals surface area (Å²) in [5, 5.41) is 8.25. The molecule has 57 heavy (non-hydrogen) atoms. The first-order valence-electron chi connectivity index (χ1n) is 17.1. The molecule has 0 atom stereocenters. The molecule has 0 saturated carbocycles. The second-order valence-corrected chi connectivity index (χ2v) is 13.1. The third-order valence-corrected chi connectivity index (χ3v) is 9.23. The lowest BCUT2D eigenvalue weighted by Gasteiger charge is -2.14. The Hall–Kier alpha value is -7.01. The van der Waals surface area contributed by atoms with E-state index in [9.17, 15) is 28.0 Å². The van der Waals surface area contributed by atoms with Crippen LogP contribution in [0.3, 0.4) is 0 Å². The van der Waals surface area contributed by atoms with E-state index in [1.807, 2.05) is 0 Å². The zero-order valence-electron chi connectivity index (χ0n) is 30.5. The van der Waals surface area contributed by atoms with Crippen LogP contribution in [0.5, 0.6) is 17.2 Å². The molecule has 6 aromatic rings. The fourth-order valence-electron chi connectivity index (χ4n) is 5.96. The molecule has 2 aliphatic heterocycles. The number of aryl methyl sites for hydroxylation is 2. The zero-order valence-corrected chi connectivity index (χ0v) is 31.2. The van der Waals surface area contributed by atoms with Crippen molar-refractivity contribution in [1.82, 2.24) is 29.5 Å².